The molecule has 6 heteroatoms. The Balaban J connectivity index is 1.63. The first kappa shape index (κ1) is 20.2. The number of halogens is 1. The van der Waals surface area contributed by atoms with Crippen LogP contribution in [0.5, 0.6) is 0 Å². The summed E-state index contributed by atoms with van der Waals surface area (Å²) >= 11 is 0.963. The molecule has 0 radical (unpaired) electrons. The van der Waals surface area contributed by atoms with Crippen molar-refractivity contribution < 1.29 is 14.0 Å². The summed E-state index contributed by atoms with van der Waals surface area (Å²) in [5.74, 6) is -0.566. The number of benzene rings is 2. The maximum atomic E-state index is 13.3. The van der Waals surface area contributed by atoms with Crippen LogP contribution in [0.1, 0.15) is 28.1 Å². The van der Waals surface area contributed by atoms with Crippen molar-refractivity contribution >= 4 is 29.0 Å². The number of nitrogens with zero attached hydrogens (tertiary/aromatic N) is 2. The monoisotopic (exact) mass is 420 g/mol. The smallest absolute Gasteiger partial charge is 0.293 e. The molecule has 2 heterocycles. The topological polar surface area (TPSA) is 42.3 Å². The number of imide groups is 1. The SMILES string of the molecule is Cc1ccccc1CN1C(=O)S/C(=C\c2cc(C)n(-c3ccc(F)cc3)c2C)C1=O. The van der Waals surface area contributed by atoms with Crippen molar-refractivity contribution in [1.82, 2.24) is 9.47 Å². The third kappa shape index (κ3) is 3.71. The highest BCUT2D eigenvalue weighted by molar-refractivity contribution is 8.18. The molecule has 152 valence electrons. The molecule has 1 saturated heterocycles. The van der Waals surface area contributed by atoms with Crippen LogP contribution in [0.3, 0.4) is 0 Å². The Kier molecular flexibility index (Phi) is 5.35. The Labute approximate surface area is 179 Å². The van der Waals surface area contributed by atoms with Gasteiger partial charge in [-0.25, -0.2) is 4.39 Å². The van der Waals surface area contributed by atoms with Crippen molar-refractivity contribution in [2.75, 3.05) is 0 Å². The van der Waals surface area contributed by atoms with Gasteiger partial charge in [0.05, 0.1) is 11.4 Å². The van der Waals surface area contributed by atoms with Crippen molar-refractivity contribution in [2.45, 2.75) is 27.3 Å². The molecule has 0 aliphatic carbocycles. The fourth-order valence-corrected chi connectivity index (χ4v) is 4.49. The molecule has 0 unspecified atom stereocenters. The first-order valence-electron chi connectivity index (χ1n) is 9.60. The lowest BCUT2D eigenvalue weighted by atomic mass is 10.1. The molecule has 0 atom stereocenters. The molecule has 3 aromatic rings. The van der Waals surface area contributed by atoms with Crippen LogP contribution in [-0.2, 0) is 11.3 Å². The predicted molar refractivity (Wildman–Crippen MR) is 118 cm³/mol. The van der Waals surface area contributed by atoms with Crippen LogP contribution < -0.4 is 0 Å². The molecule has 0 N–H and O–H groups in total. The van der Waals surface area contributed by atoms with Gasteiger partial charge in [0, 0.05) is 17.1 Å². The van der Waals surface area contributed by atoms with Crippen LogP contribution in [-0.4, -0.2) is 20.6 Å². The van der Waals surface area contributed by atoms with Crippen molar-refractivity contribution in [2.24, 2.45) is 0 Å². The number of rotatable bonds is 4. The number of hydrogen-bond acceptors (Lipinski definition) is 3. The Morgan fingerprint density at radius 2 is 1.70 bits per heavy atom. The molecule has 1 aromatic heterocycles. The largest absolute Gasteiger partial charge is 0.318 e. The lowest BCUT2D eigenvalue weighted by molar-refractivity contribution is -0.123. The summed E-state index contributed by atoms with van der Waals surface area (Å²) in [6.45, 7) is 6.13. The lowest BCUT2D eigenvalue weighted by Crippen LogP contribution is -2.27. The summed E-state index contributed by atoms with van der Waals surface area (Å²) in [6, 6.07) is 16.0. The number of carbonyl (C=O) groups is 2. The van der Waals surface area contributed by atoms with Gasteiger partial charge in [0.25, 0.3) is 11.1 Å². The Hall–Kier alpha value is -3.12. The van der Waals surface area contributed by atoms with Gasteiger partial charge in [-0.15, -0.1) is 0 Å². The second-order valence-corrected chi connectivity index (χ2v) is 8.33. The van der Waals surface area contributed by atoms with E-state index in [0.29, 0.717) is 4.91 Å². The average molecular weight is 421 g/mol. The number of amides is 2. The van der Waals surface area contributed by atoms with Gasteiger partial charge < -0.3 is 4.57 Å². The number of carbonyl (C=O) groups excluding carboxylic acids is 2. The van der Waals surface area contributed by atoms with E-state index in [2.05, 4.69) is 0 Å². The summed E-state index contributed by atoms with van der Waals surface area (Å²) in [6.07, 6.45) is 1.77. The van der Waals surface area contributed by atoms with E-state index in [-0.39, 0.29) is 23.5 Å². The minimum absolute atomic E-state index is 0.262. The minimum Gasteiger partial charge on any atom is -0.318 e. The molecular weight excluding hydrogens is 399 g/mol. The van der Waals surface area contributed by atoms with Crippen LogP contribution in [0.15, 0.2) is 59.5 Å². The van der Waals surface area contributed by atoms with Gasteiger partial charge in [0.1, 0.15) is 5.82 Å². The number of hydrogen-bond donors (Lipinski definition) is 0. The molecule has 0 saturated carbocycles. The van der Waals surface area contributed by atoms with Crippen molar-refractivity contribution in [3.63, 3.8) is 0 Å². The van der Waals surface area contributed by atoms with Crippen LogP contribution >= 0.6 is 11.8 Å². The number of aromatic nitrogens is 1. The predicted octanol–water partition coefficient (Wildman–Crippen LogP) is 5.78. The molecule has 0 bridgehead atoms. The first-order chi connectivity index (χ1) is 14.3. The highest BCUT2D eigenvalue weighted by Crippen LogP contribution is 2.35. The van der Waals surface area contributed by atoms with E-state index < -0.39 is 0 Å². The van der Waals surface area contributed by atoms with Gasteiger partial charge in [-0.05, 0) is 85.6 Å². The molecule has 2 amide bonds. The third-order valence-electron chi connectivity index (χ3n) is 5.31. The first-order valence-corrected chi connectivity index (χ1v) is 10.4. The molecule has 1 fully saturated rings. The summed E-state index contributed by atoms with van der Waals surface area (Å²) in [5.41, 5.74) is 5.59. The van der Waals surface area contributed by atoms with E-state index in [4.69, 9.17) is 0 Å². The quantitative estimate of drug-likeness (QED) is 0.503. The zero-order chi connectivity index (χ0) is 21.4. The van der Waals surface area contributed by atoms with Crippen molar-refractivity contribution in [1.29, 1.82) is 0 Å². The second-order valence-electron chi connectivity index (χ2n) is 7.33. The highest BCUT2D eigenvalue weighted by atomic mass is 32.2. The van der Waals surface area contributed by atoms with E-state index in [1.165, 1.54) is 17.0 Å². The molecule has 4 nitrogen and oxygen atoms in total. The summed E-state index contributed by atoms with van der Waals surface area (Å²) in [4.78, 5) is 27.1. The van der Waals surface area contributed by atoms with Gasteiger partial charge >= 0.3 is 0 Å². The van der Waals surface area contributed by atoms with Crippen molar-refractivity contribution in [3.05, 3.63) is 93.4 Å². The van der Waals surface area contributed by atoms with E-state index in [1.54, 1.807) is 18.2 Å². The molecule has 0 spiro atoms. The van der Waals surface area contributed by atoms with Gasteiger partial charge in [0.2, 0.25) is 0 Å². The van der Waals surface area contributed by atoms with Gasteiger partial charge in [-0.2, -0.15) is 0 Å². The van der Waals surface area contributed by atoms with E-state index >= 15 is 0 Å². The number of thioether (sulfide) groups is 1. The molecule has 1 aliphatic rings. The molecular formula is C24H21FN2O2S. The molecule has 2 aromatic carbocycles. The zero-order valence-electron chi connectivity index (χ0n) is 17.0. The Bertz CT molecular complexity index is 1180. The zero-order valence-corrected chi connectivity index (χ0v) is 17.8. The second kappa shape index (κ2) is 7.95. The standard InChI is InChI=1S/C24H21FN2O2S/c1-15-6-4-5-7-18(15)14-26-23(28)22(30-24(26)29)13-19-12-16(2)27(17(19)3)21-10-8-20(25)9-11-21/h4-13H,14H2,1-3H3/b22-13-. The van der Waals surface area contributed by atoms with Gasteiger partial charge in [-0.1, -0.05) is 24.3 Å². The number of aryl methyl sites for hydroxylation is 2. The lowest BCUT2D eigenvalue weighted by Gasteiger charge is -2.14. The van der Waals surface area contributed by atoms with Crippen LogP contribution in [0.4, 0.5) is 9.18 Å². The maximum Gasteiger partial charge on any atom is 0.293 e. The Morgan fingerprint density at radius 1 is 1.00 bits per heavy atom. The third-order valence-corrected chi connectivity index (χ3v) is 6.21. The van der Waals surface area contributed by atoms with E-state index in [1.807, 2.05) is 55.7 Å². The normalized spacial score (nSPS) is 15.5. The summed E-state index contributed by atoms with van der Waals surface area (Å²) < 4.78 is 15.3. The maximum absolute atomic E-state index is 13.3. The summed E-state index contributed by atoms with van der Waals surface area (Å²) in [7, 11) is 0. The Morgan fingerprint density at radius 3 is 2.40 bits per heavy atom. The summed E-state index contributed by atoms with van der Waals surface area (Å²) in [5, 5.41) is -0.262. The highest BCUT2D eigenvalue weighted by Gasteiger charge is 2.35. The van der Waals surface area contributed by atoms with Crippen molar-refractivity contribution in [3.8, 4) is 5.69 Å². The molecule has 4 rings (SSSR count). The molecule has 30 heavy (non-hydrogen) atoms. The van der Waals surface area contributed by atoms with Crippen LogP contribution in [0, 0.1) is 26.6 Å². The van der Waals surface area contributed by atoms with E-state index in [9.17, 15) is 14.0 Å². The van der Waals surface area contributed by atoms with Crippen LogP contribution in [0.25, 0.3) is 11.8 Å². The fourth-order valence-electron chi connectivity index (χ4n) is 3.66. The fraction of sp³-hybridized carbons (Fsp3) is 0.167. The molecule has 1 aliphatic heterocycles. The minimum atomic E-state index is -0.288. The van der Waals surface area contributed by atoms with Gasteiger partial charge in [0.15, 0.2) is 0 Å². The van der Waals surface area contributed by atoms with E-state index in [0.717, 1.165) is 45.5 Å². The van der Waals surface area contributed by atoms with Crippen LogP contribution in [0.2, 0.25) is 0 Å². The average Bonchev–Trinajstić information content (AvgIpc) is 3.14. The van der Waals surface area contributed by atoms with Gasteiger partial charge in [-0.3, -0.25) is 14.5 Å².